The van der Waals surface area contributed by atoms with Gasteiger partial charge in [-0.3, -0.25) is 4.98 Å². The van der Waals surface area contributed by atoms with E-state index in [4.69, 9.17) is 0 Å². The highest BCUT2D eigenvalue weighted by Gasteiger charge is 1.97. The number of methoxy groups -OCH3 is 1. The number of fused-ring (bicyclic) bond motifs is 1. The maximum atomic E-state index is 11.0. The number of nitrogens with zero attached hydrogens (tertiary/aromatic N) is 1. The first-order valence-corrected chi connectivity index (χ1v) is 5.32. The fraction of sp³-hybridized carbons (Fsp3) is 0.143. The van der Waals surface area contributed by atoms with Crippen LogP contribution in [0.3, 0.4) is 0 Å². The molecular weight excluding hydrogens is 214 g/mol. The molecule has 0 aliphatic carbocycles. The quantitative estimate of drug-likeness (QED) is 0.585. The van der Waals surface area contributed by atoms with Crippen LogP contribution in [0.1, 0.15) is 11.3 Å². The Balaban J connectivity index is 2.35. The van der Waals surface area contributed by atoms with Crippen molar-refractivity contribution in [2.24, 2.45) is 0 Å². The zero-order chi connectivity index (χ0) is 12.3. The van der Waals surface area contributed by atoms with E-state index < -0.39 is 0 Å². The maximum Gasteiger partial charge on any atom is 0.330 e. The van der Waals surface area contributed by atoms with E-state index in [2.05, 4.69) is 9.72 Å². The molecule has 0 aliphatic heterocycles. The Hall–Kier alpha value is -2.16. The summed E-state index contributed by atoms with van der Waals surface area (Å²) < 4.78 is 4.54. The molecule has 0 radical (unpaired) electrons. The van der Waals surface area contributed by atoms with Crippen LogP contribution in [0.2, 0.25) is 0 Å². The number of aromatic nitrogens is 1. The van der Waals surface area contributed by atoms with E-state index in [0.717, 1.165) is 22.2 Å². The van der Waals surface area contributed by atoms with Gasteiger partial charge in [-0.2, -0.15) is 0 Å². The number of esters is 1. The van der Waals surface area contributed by atoms with E-state index >= 15 is 0 Å². The van der Waals surface area contributed by atoms with Gasteiger partial charge in [-0.05, 0) is 36.8 Å². The Morgan fingerprint density at radius 3 is 2.88 bits per heavy atom. The van der Waals surface area contributed by atoms with Gasteiger partial charge in [-0.25, -0.2) is 4.79 Å². The van der Waals surface area contributed by atoms with Crippen molar-refractivity contribution in [3.63, 3.8) is 0 Å². The minimum absolute atomic E-state index is 0.355. The lowest BCUT2D eigenvalue weighted by molar-refractivity contribution is -0.134. The minimum Gasteiger partial charge on any atom is -0.466 e. The lowest BCUT2D eigenvalue weighted by Crippen LogP contribution is -1.93. The number of carbonyl (C=O) groups is 1. The zero-order valence-electron chi connectivity index (χ0n) is 9.81. The van der Waals surface area contributed by atoms with Crippen LogP contribution < -0.4 is 0 Å². The highest BCUT2D eigenvalue weighted by molar-refractivity contribution is 5.88. The molecule has 3 nitrogen and oxygen atoms in total. The first-order valence-electron chi connectivity index (χ1n) is 5.32. The third kappa shape index (κ3) is 2.69. The van der Waals surface area contributed by atoms with Crippen molar-refractivity contribution in [1.29, 1.82) is 0 Å². The molecule has 0 N–H and O–H groups in total. The average Bonchev–Trinajstić information content (AvgIpc) is 2.35. The molecule has 86 valence electrons. The topological polar surface area (TPSA) is 39.2 Å². The molecule has 0 unspecified atom stereocenters. The van der Waals surface area contributed by atoms with Gasteiger partial charge in [-0.15, -0.1) is 0 Å². The molecule has 0 bridgehead atoms. The SMILES string of the molecule is COC(=O)/C=C/c1ccc2nc(C)ccc2c1. The van der Waals surface area contributed by atoms with E-state index in [1.165, 1.54) is 13.2 Å². The smallest absolute Gasteiger partial charge is 0.330 e. The Morgan fingerprint density at radius 1 is 1.29 bits per heavy atom. The van der Waals surface area contributed by atoms with E-state index in [1.54, 1.807) is 6.08 Å². The Kier molecular flexibility index (Phi) is 3.19. The molecule has 2 rings (SSSR count). The van der Waals surface area contributed by atoms with Gasteiger partial charge in [0.05, 0.1) is 12.6 Å². The summed E-state index contributed by atoms with van der Waals surface area (Å²) >= 11 is 0. The lowest BCUT2D eigenvalue weighted by Gasteiger charge is -2.00. The van der Waals surface area contributed by atoms with Gasteiger partial charge < -0.3 is 4.74 Å². The number of rotatable bonds is 2. The molecule has 0 aliphatic rings. The van der Waals surface area contributed by atoms with Crippen LogP contribution in [0.5, 0.6) is 0 Å². The van der Waals surface area contributed by atoms with E-state index in [-0.39, 0.29) is 5.97 Å². The standard InChI is InChI=1S/C14H13NO2/c1-10-3-6-12-9-11(4-7-13(12)15-10)5-8-14(16)17-2/h3-9H,1-2H3/b8-5+. The largest absolute Gasteiger partial charge is 0.466 e. The molecule has 3 heteroatoms. The summed E-state index contributed by atoms with van der Waals surface area (Å²) in [6, 6.07) is 9.85. The molecule has 0 atom stereocenters. The Bertz CT molecular complexity index is 588. The molecular formula is C14H13NO2. The van der Waals surface area contributed by atoms with Crippen LogP contribution in [0.25, 0.3) is 17.0 Å². The number of pyridine rings is 1. The second-order valence-corrected chi connectivity index (χ2v) is 3.76. The summed E-state index contributed by atoms with van der Waals surface area (Å²) in [6.45, 7) is 1.96. The third-order valence-electron chi connectivity index (χ3n) is 2.47. The highest BCUT2D eigenvalue weighted by Crippen LogP contribution is 2.15. The summed E-state index contributed by atoms with van der Waals surface area (Å²) in [5.41, 5.74) is 2.91. The molecule has 0 amide bonds. The van der Waals surface area contributed by atoms with Crippen molar-refractivity contribution >= 4 is 22.9 Å². The van der Waals surface area contributed by atoms with Crippen molar-refractivity contribution in [3.8, 4) is 0 Å². The van der Waals surface area contributed by atoms with Crippen molar-refractivity contribution in [1.82, 2.24) is 4.98 Å². The second-order valence-electron chi connectivity index (χ2n) is 3.76. The van der Waals surface area contributed by atoms with Gasteiger partial charge in [0, 0.05) is 17.2 Å². The second kappa shape index (κ2) is 4.78. The molecule has 1 aromatic carbocycles. The van der Waals surface area contributed by atoms with Gasteiger partial charge in [-0.1, -0.05) is 12.1 Å². The molecule has 2 aromatic rings. The van der Waals surface area contributed by atoms with Crippen LogP contribution in [-0.4, -0.2) is 18.1 Å². The molecule has 0 spiro atoms. The molecule has 0 saturated heterocycles. The van der Waals surface area contributed by atoms with Crippen LogP contribution in [0, 0.1) is 6.92 Å². The molecule has 17 heavy (non-hydrogen) atoms. The number of benzene rings is 1. The van der Waals surface area contributed by atoms with E-state index in [9.17, 15) is 4.79 Å². The van der Waals surface area contributed by atoms with Crippen molar-refractivity contribution in [2.75, 3.05) is 7.11 Å². The van der Waals surface area contributed by atoms with Crippen LogP contribution >= 0.6 is 0 Å². The normalized spacial score (nSPS) is 10.9. The van der Waals surface area contributed by atoms with Crippen molar-refractivity contribution in [2.45, 2.75) is 6.92 Å². The van der Waals surface area contributed by atoms with Gasteiger partial charge in [0.1, 0.15) is 0 Å². The van der Waals surface area contributed by atoms with Gasteiger partial charge in [0.15, 0.2) is 0 Å². The highest BCUT2D eigenvalue weighted by atomic mass is 16.5. The number of hydrogen-bond donors (Lipinski definition) is 0. The van der Waals surface area contributed by atoms with E-state index in [1.807, 2.05) is 37.3 Å². The number of hydrogen-bond acceptors (Lipinski definition) is 3. The molecule has 0 fully saturated rings. The van der Waals surface area contributed by atoms with E-state index in [0.29, 0.717) is 0 Å². The number of carbonyl (C=O) groups excluding carboxylic acids is 1. The summed E-state index contributed by atoms with van der Waals surface area (Å²) in [7, 11) is 1.36. The summed E-state index contributed by atoms with van der Waals surface area (Å²) in [4.78, 5) is 15.4. The molecule has 1 aromatic heterocycles. The Morgan fingerprint density at radius 2 is 2.12 bits per heavy atom. The lowest BCUT2D eigenvalue weighted by atomic mass is 10.1. The van der Waals surface area contributed by atoms with Crippen LogP contribution in [0.4, 0.5) is 0 Å². The first kappa shape index (κ1) is 11.3. The van der Waals surface area contributed by atoms with Crippen molar-refractivity contribution < 1.29 is 9.53 Å². The zero-order valence-corrected chi connectivity index (χ0v) is 9.81. The van der Waals surface area contributed by atoms with Gasteiger partial charge in [0.25, 0.3) is 0 Å². The molecule has 1 heterocycles. The van der Waals surface area contributed by atoms with Crippen molar-refractivity contribution in [3.05, 3.63) is 47.7 Å². The first-order chi connectivity index (χ1) is 8.19. The summed E-state index contributed by atoms with van der Waals surface area (Å²) in [6.07, 6.45) is 3.13. The van der Waals surface area contributed by atoms with Gasteiger partial charge in [0.2, 0.25) is 0 Å². The predicted octanol–water partition coefficient (Wildman–Crippen LogP) is 2.73. The van der Waals surface area contributed by atoms with Crippen LogP contribution in [-0.2, 0) is 9.53 Å². The fourth-order valence-corrected chi connectivity index (χ4v) is 1.58. The predicted molar refractivity (Wildman–Crippen MR) is 67.5 cm³/mol. The number of aryl methyl sites for hydroxylation is 1. The fourth-order valence-electron chi connectivity index (χ4n) is 1.58. The van der Waals surface area contributed by atoms with Gasteiger partial charge >= 0.3 is 5.97 Å². The average molecular weight is 227 g/mol. The molecule has 0 saturated carbocycles. The minimum atomic E-state index is -0.355. The summed E-state index contributed by atoms with van der Waals surface area (Å²) in [5, 5.41) is 1.06. The van der Waals surface area contributed by atoms with Crippen LogP contribution in [0.15, 0.2) is 36.4 Å². The number of ether oxygens (including phenoxy) is 1. The Labute approximate surface area is 99.7 Å². The summed E-state index contributed by atoms with van der Waals surface area (Å²) in [5.74, 6) is -0.355. The monoisotopic (exact) mass is 227 g/mol. The third-order valence-corrected chi connectivity index (χ3v) is 2.47. The maximum absolute atomic E-state index is 11.0.